The van der Waals surface area contributed by atoms with Crippen LogP contribution in [0.3, 0.4) is 0 Å². The lowest BCUT2D eigenvalue weighted by Crippen LogP contribution is -1.97. The Morgan fingerprint density at radius 2 is 1.71 bits per heavy atom. The van der Waals surface area contributed by atoms with E-state index >= 15 is 0 Å². The van der Waals surface area contributed by atoms with Crippen LogP contribution in [0.2, 0.25) is 0 Å². The standard InChI is InChI=1S/C12H9N5/c1-4-14-8-11-9(1)7-15-12(17-11)16-10-2-5-13-6-3-10/h1-8H,(H,13,15,16,17). The second kappa shape index (κ2) is 4.13. The molecule has 3 aromatic heterocycles. The third kappa shape index (κ3) is 2.03. The van der Waals surface area contributed by atoms with Gasteiger partial charge in [-0.3, -0.25) is 9.97 Å². The number of hydrogen-bond acceptors (Lipinski definition) is 5. The van der Waals surface area contributed by atoms with Gasteiger partial charge in [0.2, 0.25) is 5.95 Å². The summed E-state index contributed by atoms with van der Waals surface area (Å²) in [7, 11) is 0. The molecule has 0 aliphatic carbocycles. The zero-order valence-corrected chi connectivity index (χ0v) is 8.91. The monoisotopic (exact) mass is 223 g/mol. The van der Waals surface area contributed by atoms with Gasteiger partial charge in [0.05, 0.1) is 11.7 Å². The van der Waals surface area contributed by atoms with Crippen LogP contribution in [0.5, 0.6) is 0 Å². The van der Waals surface area contributed by atoms with Gasteiger partial charge in [0, 0.05) is 35.9 Å². The summed E-state index contributed by atoms with van der Waals surface area (Å²) >= 11 is 0. The molecule has 0 atom stereocenters. The fourth-order valence-corrected chi connectivity index (χ4v) is 1.50. The van der Waals surface area contributed by atoms with Gasteiger partial charge in [-0.15, -0.1) is 0 Å². The molecule has 0 aliphatic heterocycles. The molecule has 0 amide bonds. The van der Waals surface area contributed by atoms with E-state index in [2.05, 4.69) is 25.3 Å². The number of rotatable bonds is 2. The first-order valence-corrected chi connectivity index (χ1v) is 5.16. The molecule has 0 spiro atoms. The number of anilines is 2. The van der Waals surface area contributed by atoms with E-state index in [1.165, 1.54) is 0 Å². The maximum Gasteiger partial charge on any atom is 0.227 e. The zero-order valence-electron chi connectivity index (χ0n) is 8.91. The molecule has 3 rings (SSSR count). The highest BCUT2D eigenvalue weighted by atomic mass is 15.1. The summed E-state index contributed by atoms with van der Waals surface area (Å²) in [6, 6.07) is 5.60. The van der Waals surface area contributed by atoms with Crippen LogP contribution in [0.25, 0.3) is 10.9 Å². The number of hydrogen-bond donors (Lipinski definition) is 1. The predicted molar refractivity (Wildman–Crippen MR) is 64.9 cm³/mol. The Morgan fingerprint density at radius 3 is 2.59 bits per heavy atom. The molecule has 0 radical (unpaired) electrons. The van der Waals surface area contributed by atoms with Crippen LogP contribution in [-0.4, -0.2) is 19.9 Å². The van der Waals surface area contributed by atoms with Crippen molar-refractivity contribution in [3.63, 3.8) is 0 Å². The number of nitrogens with zero attached hydrogens (tertiary/aromatic N) is 4. The Morgan fingerprint density at radius 1 is 0.882 bits per heavy atom. The first-order valence-electron chi connectivity index (χ1n) is 5.16. The van der Waals surface area contributed by atoms with Gasteiger partial charge in [0.1, 0.15) is 0 Å². The summed E-state index contributed by atoms with van der Waals surface area (Å²) in [5.41, 5.74) is 1.72. The maximum absolute atomic E-state index is 4.37. The van der Waals surface area contributed by atoms with Gasteiger partial charge in [-0.1, -0.05) is 0 Å². The van der Waals surface area contributed by atoms with Crippen molar-refractivity contribution in [1.82, 2.24) is 19.9 Å². The van der Waals surface area contributed by atoms with E-state index in [0.29, 0.717) is 5.95 Å². The van der Waals surface area contributed by atoms with Crippen molar-refractivity contribution < 1.29 is 0 Å². The van der Waals surface area contributed by atoms with Crippen LogP contribution >= 0.6 is 0 Å². The zero-order chi connectivity index (χ0) is 11.5. The van der Waals surface area contributed by atoms with Crippen LogP contribution in [0.4, 0.5) is 11.6 Å². The molecule has 0 fully saturated rings. The maximum atomic E-state index is 4.37. The summed E-state index contributed by atoms with van der Waals surface area (Å²) in [4.78, 5) is 16.6. The molecule has 0 bridgehead atoms. The Bertz CT molecular complexity index is 638. The van der Waals surface area contributed by atoms with Gasteiger partial charge in [-0.2, -0.15) is 0 Å². The lowest BCUT2D eigenvalue weighted by Gasteiger charge is -2.04. The Kier molecular flexibility index (Phi) is 2.34. The van der Waals surface area contributed by atoms with Crippen LogP contribution in [0.1, 0.15) is 0 Å². The molecule has 3 aromatic rings. The van der Waals surface area contributed by atoms with Gasteiger partial charge in [0.25, 0.3) is 0 Å². The second-order valence-corrected chi connectivity index (χ2v) is 3.49. The molecular formula is C12H9N5. The van der Waals surface area contributed by atoms with E-state index < -0.39 is 0 Å². The van der Waals surface area contributed by atoms with E-state index in [1.54, 1.807) is 31.0 Å². The summed E-state index contributed by atoms with van der Waals surface area (Å²) in [5, 5.41) is 4.08. The summed E-state index contributed by atoms with van der Waals surface area (Å²) in [5.74, 6) is 0.553. The Hall–Kier alpha value is -2.56. The van der Waals surface area contributed by atoms with Crippen molar-refractivity contribution in [2.45, 2.75) is 0 Å². The quantitative estimate of drug-likeness (QED) is 0.721. The highest BCUT2D eigenvalue weighted by Gasteiger charge is 1.99. The van der Waals surface area contributed by atoms with Crippen LogP contribution in [0, 0.1) is 0 Å². The topological polar surface area (TPSA) is 63.6 Å². The summed E-state index contributed by atoms with van der Waals surface area (Å²) < 4.78 is 0. The minimum atomic E-state index is 0.553. The Labute approximate surface area is 97.6 Å². The largest absolute Gasteiger partial charge is 0.324 e. The van der Waals surface area contributed by atoms with E-state index in [9.17, 15) is 0 Å². The minimum Gasteiger partial charge on any atom is -0.324 e. The fraction of sp³-hybridized carbons (Fsp3) is 0. The number of aromatic nitrogens is 4. The third-order valence-electron chi connectivity index (χ3n) is 2.32. The first kappa shape index (κ1) is 9.65. The number of fused-ring (bicyclic) bond motifs is 1. The van der Waals surface area contributed by atoms with Crippen LogP contribution < -0.4 is 5.32 Å². The van der Waals surface area contributed by atoms with Crippen molar-refractivity contribution in [2.24, 2.45) is 0 Å². The molecule has 5 nitrogen and oxygen atoms in total. The van der Waals surface area contributed by atoms with Crippen molar-refractivity contribution in [1.29, 1.82) is 0 Å². The molecule has 3 heterocycles. The molecule has 82 valence electrons. The van der Waals surface area contributed by atoms with Crippen molar-refractivity contribution in [3.05, 3.63) is 49.2 Å². The van der Waals surface area contributed by atoms with E-state index in [-0.39, 0.29) is 0 Å². The molecule has 0 saturated heterocycles. The van der Waals surface area contributed by atoms with Gasteiger partial charge in [-0.05, 0) is 18.2 Å². The average Bonchev–Trinajstić information content (AvgIpc) is 2.40. The molecule has 17 heavy (non-hydrogen) atoms. The van der Waals surface area contributed by atoms with E-state index in [1.807, 2.05) is 18.2 Å². The first-order chi connectivity index (χ1) is 8.42. The summed E-state index contributed by atoms with van der Waals surface area (Å²) in [6.45, 7) is 0. The van der Waals surface area contributed by atoms with Gasteiger partial charge >= 0.3 is 0 Å². The number of pyridine rings is 2. The molecule has 1 N–H and O–H groups in total. The Balaban J connectivity index is 1.96. The van der Waals surface area contributed by atoms with Crippen molar-refractivity contribution in [3.8, 4) is 0 Å². The highest BCUT2D eigenvalue weighted by Crippen LogP contribution is 2.14. The van der Waals surface area contributed by atoms with E-state index in [4.69, 9.17) is 0 Å². The molecule has 0 unspecified atom stereocenters. The van der Waals surface area contributed by atoms with Crippen molar-refractivity contribution in [2.75, 3.05) is 5.32 Å². The minimum absolute atomic E-state index is 0.553. The highest BCUT2D eigenvalue weighted by molar-refractivity contribution is 5.77. The van der Waals surface area contributed by atoms with E-state index in [0.717, 1.165) is 16.6 Å². The molecular weight excluding hydrogens is 214 g/mol. The van der Waals surface area contributed by atoms with Gasteiger partial charge < -0.3 is 5.32 Å². The molecule has 0 saturated carbocycles. The normalized spacial score (nSPS) is 10.4. The van der Waals surface area contributed by atoms with Gasteiger partial charge in [-0.25, -0.2) is 9.97 Å². The fourth-order valence-electron chi connectivity index (χ4n) is 1.50. The molecule has 0 aromatic carbocycles. The number of nitrogens with one attached hydrogen (secondary N) is 1. The smallest absolute Gasteiger partial charge is 0.227 e. The van der Waals surface area contributed by atoms with Crippen LogP contribution in [0.15, 0.2) is 49.2 Å². The van der Waals surface area contributed by atoms with Crippen molar-refractivity contribution >= 4 is 22.5 Å². The predicted octanol–water partition coefficient (Wildman–Crippen LogP) is 2.16. The lowest BCUT2D eigenvalue weighted by molar-refractivity contribution is 1.19. The van der Waals surface area contributed by atoms with Gasteiger partial charge in [0.15, 0.2) is 0 Å². The molecule has 5 heteroatoms. The third-order valence-corrected chi connectivity index (χ3v) is 2.32. The average molecular weight is 223 g/mol. The SMILES string of the molecule is c1cc(Nc2ncc3ccncc3n2)ccn1. The van der Waals surface area contributed by atoms with Crippen LogP contribution in [-0.2, 0) is 0 Å². The lowest BCUT2D eigenvalue weighted by atomic mass is 10.3. The second-order valence-electron chi connectivity index (χ2n) is 3.49. The summed E-state index contributed by atoms with van der Waals surface area (Å²) in [6.07, 6.45) is 8.64. The molecule has 0 aliphatic rings.